The average Bonchev–Trinajstić information content (AvgIpc) is 2.83. The maximum atomic E-state index is 11.9. The van der Waals surface area contributed by atoms with E-state index >= 15 is 0 Å². The Kier molecular flexibility index (Phi) is 4.24. The van der Waals surface area contributed by atoms with Crippen LogP contribution < -0.4 is 11.1 Å². The summed E-state index contributed by atoms with van der Waals surface area (Å²) in [7, 11) is 1.85. The second-order valence-electron chi connectivity index (χ2n) is 4.32. The van der Waals surface area contributed by atoms with Crippen molar-refractivity contribution >= 4 is 17.3 Å². The van der Waals surface area contributed by atoms with Crippen molar-refractivity contribution in [3.8, 4) is 0 Å². The van der Waals surface area contributed by atoms with Crippen LogP contribution in [0.4, 0.5) is 11.4 Å². The summed E-state index contributed by atoms with van der Waals surface area (Å²) in [6.07, 6.45) is 1.86. The van der Waals surface area contributed by atoms with Gasteiger partial charge in [-0.25, -0.2) is 4.79 Å². The largest absolute Gasteiger partial charge is 0.462 e. The molecule has 0 spiro atoms. The zero-order valence-corrected chi connectivity index (χ0v) is 11.6. The van der Waals surface area contributed by atoms with Crippen LogP contribution in [0.5, 0.6) is 0 Å². The number of hydrogen-bond donors (Lipinski definition) is 2. The third kappa shape index (κ3) is 3.09. The smallest absolute Gasteiger partial charge is 0.340 e. The maximum absolute atomic E-state index is 11.9. The van der Waals surface area contributed by atoms with E-state index in [1.165, 1.54) is 0 Å². The van der Waals surface area contributed by atoms with Gasteiger partial charge in [0, 0.05) is 13.2 Å². The molecule has 1 aromatic heterocycles. The minimum absolute atomic E-state index is 0.327. The number of nitrogens with zero attached hydrogens (tertiary/aromatic N) is 2. The number of aryl methyl sites for hydroxylation is 1. The first-order valence-electron chi connectivity index (χ1n) is 6.39. The van der Waals surface area contributed by atoms with Crippen molar-refractivity contribution in [1.82, 2.24) is 9.78 Å². The van der Waals surface area contributed by atoms with Gasteiger partial charge in [0.2, 0.25) is 0 Å². The summed E-state index contributed by atoms with van der Waals surface area (Å²) in [5.74, 6) is -0.386. The molecule has 0 radical (unpaired) electrons. The normalized spacial score (nSPS) is 10.3. The van der Waals surface area contributed by atoms with Crippen LogP contribution in [0.15, 0.2) is 30.5 Å². The molecular weight excluding hydrogens is 256 g/mol. The number of nitrogen functional groups attached to an aromatic ring is 1. The van der Waals surface area contributed by atoms with Gasteiger partial charge in [0.15, 0.2) is 0 Å². The van der Waals surface area contributed by atoms with Crippen molar-refractivity contribution < 1.29 is 9.53 Å². The van der Waals surface area contributed by atoms with Gasteiger partial charge in [-0.2, -0.15) is 5.10 Å². The molecule has 0 atom stereocenters. The van der Waals surface area contributed by atoms with Gasteiger partial charge < -0.3 is 15.8 Å². The van der Waals surface area contributed by atoms with Gasteiger partial charge in [-0.15, -0.1) is 0 Å². The number of carbonyl (C=O) groups is 1. The fourth-order valence-electron chi connectivity index (χ4n) is 1.88. The number of aromatic nitrogens is 2. The van der Waals surface area contributed by atoms with E-state index in [4.69, 9.17) is 10.5 Å². The number of esters is 1. The molecule has 0 fully saturated rings. The third-order valence-corrected chi connectivity index (χ3v) is 2.81. The molecule has 0 aliphatic rings. The summed E-state index contributed by atoms with van der Waals surface area (Å²) in [6, 6.07) is 7.06. The molecule has 6 nitrogen and oxygen atoms in total. The zero-order chi connectivity index (χ0) is 14.5. The summed E-state index contributed by atoms with van der Waals surface area (Å²) < 4.78 is 6.75. The lowest BCUT2D eigenvalue weighted by molar-refractivity contribution is 0.0527. The van der Waals surface area contributed by atoms with Gasteiger partial charge in [-0.3, -0.25) is 4.68 Å². The molecule has 1 aromatic carbocycles. The number of carbonyl (C=O) groups excluding carboxylic acids is 1. The summed E-state index contributed by atoms with van der Waals surface area (Å²) >= 11 is 0. The Labute approximate surface area is 117 Å². The molecule has 106 valence electrons. The molecule has 2 rings (SSSR count). The Morgan fingerprint density at radius 3 is 2.90 bits per heavy atom. The molecule has 0 saturated carbocycles. The van der Waals surface area contributed by atoms with Gasteiger partial charge in [0.25, 0.3) is 0 Å². The van der Waals surface area contributed by atoms with E-state index in [0.29, 0.717) is 30.1 Å². The standard InChI is InChI=1S/C14H18N4O2/c1-3-20-14(19)11-5-4-6-12(15)13(11)16-9-10-7-8-18(2)17-10/h4-8,16H,3,9,15H2,1-2H3. The number of nitrogens with two attached hydrogens (primary N) is 1. The van der Waals surface area contributed by atoms with Crippen LogP contribution in [-0.4, -0.2) is 22.4 Å². The second-order valence-corrected chi connectivity index (χ2v) is 4.32. The molecule has 0 aliphatic heterocycles. The Bertz CT molecular complexity index is 607. The molecule has 2 aromatic rings. The predicted molar refractivity (Wildman–Crippen MR) is 77.3 cm³/mol. The summed E-state index contributed by atoms with van der Waals surface area (Å²) in [6.45, 7) is 2.58. The molecule has 0 bridgehead atoms. The van der Waals surface area contributed by atoms with Crippen LogP contribution in [0.2, 0.25) is 0 Å². The zero-order valence-electron chi connectivity index (χ0n) is 11.6. The van der Waals surface area contributed by atoms with Gasteiger partial charge in [-0.1, -0.05) is 6.07 Å². The van der Waals surface area contributed by atoms with Gasteiger partial charge in [0.1, 0.15) is 0 Å². The number of benzene rings is 1. The molecule has 3 N–H and O–H groups in total. The molecule has 6 heteroatoms. The first-order chi connectivity index (χ1) is 9.61. The molecule has 1 heterocycles. The summed E-state index contributed by atoms with van der Waals surface area (Å²) in [5, 5.41) is 7.41. The number of para-hydroxylation sites is 1. The van der Waals surface area contributed by atoms with Crippen LogP contribution in [0.3, 0.4) is 0 Å². The number of ether oxygens (including phenoxy) is 1. The minimum Gasteiger partial charge on any atom is -0.462 e. The van der Waals surface area contributed by atoms with E-state index in [-0.39, 0.29) is 5.97 Å². The monoisotopic (exact) mass is 274 g/mol. The Balaban J connectivity index is 2.19. The van der Waals surface area contributed by atoms with Crippen molar-refractivity contribution in [2.45, 2.75) is 13.5 Å². The first-order valence-corrected chi connectivity index (χ1v) is 6.39. The Morgan fingerprint density at radius 1 is 1.45 bits per heavy atom. The third-order valence-electron chi connectivity index (χ3n) is 2.81. The van der Waals surface area contributed by atoms with Crippen LogP contribution in [0, 0.1) is 0 Å². The number of hydrogen-bond acceptors (Lipinski definition) is 5. The molecule has 0 aliphatic carbocycles. The van der Waals surface area contributed by atoms with E-state index in [1.807, 2.05) is 19.3 Å². The van der Waals surface area contributed by atoms with Crippen molar-refractivity contribution in [2.75, 3.05) is 17.7 Å². The molecular formula is C14H18N4O2. The minimum atomic E-state index is -0.386. The Morgan fingerprint density at radius 2 is 2.25 bits per heavy atom. The van der Waals surface area contributed by atoms with Gasteiger partial charge >= 0.3 is 5.97 Å². The van der Waals surface area contributed by atoms with Crippen molar-refractivity contribution in [1.29, 1.82) is 0 Å². The summed E-state index contributed by atoms with van der Waals surface area (Å²) in [4.78, 5) is 11.9. The van der Waals surface area contributed by atoms with Crippen LogP contribution in [0.25, 0.3) is 0 Å². The predicted octanol–water partition coefficient (Wildman–Crippen LogP) is 1.79. The molecule has 0 saturated heterocycles. The lowest BCUT2D eigenvalue weighted by Crippen LogP contribution is -2.12. The highest BCUT2D eigenvalue weighted by atomic mass is 16.5. The van der Waals surface area contributed by atoms with Crippen molar-refractivity contribution in [3.63, 3.8) is 0 Å². The number of anilines is 2. The topological polar surface area (TPSA) is 82.2 Å². The number of rotatable bonds is 5. The fraction of sp³-hybridized carbons (Fsp3) is 0.286. The van der Waals surface area contributed by atoms with Crippen LogP contribution in [0.1, 0.15) is 23.0 Å². The van der Waals surface area contributed by atoms with E-state index in [1.54, 1.807) is 29.8 Å². The van der Waals surface area contributed by atoms with Gasteiger partial charge in [-0.05, 0) is 25.1 Å². The highest BCUT2D eigenvalue weighted by molar-refractivity contribution is 5.98. The maximum Gasteiger partial charge on any atom is 0.340 e. The molecule has 20 heavy (non-hydrogen) atoms. The molecule has 0 unspecified atom stereocenters. The van der Waals surface area contributed by atoms with E-state index < -0.39 is 0 Å². The first kappa shape index (κ1) is 13.9. The van der Waals surface area contributed by atoms with Crippen LogP contribution >= 0.6 is 0 Å². The van der Waals surface area contributed by atoms with Gasteiger partial charge in [0.05, 0.1) is 35.8 Å². The van der Waals surface area contributed by atoms with Crippen molar-refractivity contribution in [2.24, 2.45) is 7.05 Å². The SMILES string of the molecule is CCOC(=O)c1cccc(N)c1NCc1ccn(C)n1. The quantitative estimate of drug-likeness (QED) is 0.641. The van der Waals surface area contributed by atoms with Crippen molar-refractivity contribution in [3.05, 3.63) is 41.7 Å². The summed E-state index contributed by atoms with van der Waals surface area (Å²) in [5.41, 5.74) is 8.31. The van der Waals surface area contributed by atoms with E-state index in [0.717, 1.165) is 5.69 Å². The fourth-order valence-corrected chi connectivity index (χ4v) is 1.88. The highest BCUT2D eigenvalue weighted by Crippen LogP contribution is 2.24. The lowest BCUT2D eigenvalue weighted by atomic mass is 10.1. The average molecular weight is 274 g/mol. The second kappa shape index (κ2) is 6.10. The van der Waals surface area contributed by atoms with E-state index in [2.05, 4.69) is 10.4 Å². The molecule has 0 amide bonds. The van der Waals surface area contributed by atoms with Crippen LogP contribution in [-0.2, 0) is 18.3 Å². The Hall–Kier alpha value is -2.50. The van der Waals surface area contributed by atoms with E-state index in [9.17, 15) is 4.79 Å². The lowest BCUT2D eigenvalue weighted by Gasteiger charge is -2.13. The highest BCUT2D eigenvalue weighted by Gasteiger charge is 2.14. The number of nitrogens with one attached hydrogen (secondary N) is 1.